The van der Waals surface area contributed by atoms with Crippen LogP contribution in [0.5, 0.6) is 0 Å². The summed E-state index contributed by atoms with van der Waals surface area (Å²) in [5.74, 6) is 0.760. The maximum atomic E-state index is 9.12. The van der Waals surface area contributed by atoms with Crippen LogP contribution >= 0.6 is 11.6 Å². The Hall–Kier alpha value is -1.58. The average Bonchev–Trinajstić information content (AvgIpc) is 2.75. The molecule has 0 spiro atoms. The van der Waals surface area contributed by atoms with Gasteiger partial charge in [-0.15, -0.1) is 0 Å². The molecule has 4 heteroatoms. The van der Waals surface area contributed by atoms with Crippen LogP contribution in [0.15, 0.2) is 36.5 Å². The number of hydrogen-bond acceptors (Lipinski definition) is 3. The van der Waals surface area contributed by atoms with Crippen molar-refractivity contribution in [3.05, 3.63) is 52.7 Å². The number of aromatic nitrogens is 1. The van der Waals surface area contributed by atoms with Gasteiger partial charge < -0.3 is 10.0 Å². The quantitative estimate of drug-likeness (QED) is 0.913. The van der Waals surface area contributed by atoms with Gasteiger partial charge in [0.2, 0.25) is 0 Å². The maximum absolute atomic E-state index is 9.12. The largest absolute Gasteiger partial charge is 0.392 e. The standard InChI is InChI=1S/C15H15ClN2O/c1-10-6-12-4-2-3-5-14(12)18(10)15-13(16)7-11(9-19)8-17-15/h2-5,7-8,10,19H,6,9H2,1H3. The van der Waals surface area contributed by atoms with E-state index in [1.807, 2.05) is 6.07 Å². The topological polar surface area (TPSA) is 36.4 Å². The van der Waals surface area contributed by atoms with E-state index < -0.39 is 0 Å². The van der Waals surface area contributed by atoms with Gasteiger partial charge in [0.25, 0.3) is 0 Å². The lowest BCUT2D eigenvalue weighted by Gasteiger charge is -2.24. The third-order valence-corrected chi connectivity index (χ3v) is 3.77. The second-order valence-corrected chi connectivity index (χ2v) is 5.27. The van der Waals surface area contributed by atoms with E-state index in [0.29, 0.717) is 11.1 Å². The van der Waals surface area contributed by atoms with Gasteiger partial charge in [-0.1, -0.05) is 29.8 Å². The molecule has 1 aliphatic heterocycles. The lowest BCUT2D eigenvalue weighted by atomic mass is 10.1. The number of nitrogens with zero attached hydrogens (tertiary/aromatic N) is 2. The van der Waals surface area contributed by atoms with E-state index in [1.54, 1.807) is 12.3 Å². The summed E-state index contributed by atoms with van der Waals surface area (Å²) >= 11 is 6.30. The first-order chi connectivity index (χ1) is 9.20. The molecule has 1 unspecified atom stereocenters. The number of fused-ring (bicyclic) bond motifs is 1. The number of hydrogen-bond donors (Lipinski definition) is 1. The van der Waals surface area contributed by atoms with Crippen LogP contribution in [0, 0.1) is 0 Å². The van der Waals surface area contributed by atoms with Gasteiger partial charge in [0.15, 0.2) is 5.82 Å². The summed E-state index contributed by atoms with van der Waals surface area (Å²) in [7, 11) is 0. The molecule has 0 aliphatic carbocycles. The fraction of sp³-hybridized carbons (Fsp3) is 0.267. The molecular formula is C15H15ClN2O. The Bertz CT molecular complexity index is 615. The van der Waals surface area contributed by atoms with Crippen LogP contribution in [0.25, 0.3) is 0 Å². The maximum Gasteiger partial charge on any atom is 0.152 e. The first-order valence-corrected chi connectivity index (χ1v) is 6.71. The Morgan fingerprint density at radius 1 is 1.42 bits per heavy atom. The Morgan fingerprint density at radius 3 is 2.95 bits per heavy atom. The number of benzene rings is 1. The van der Waals surface area contributed by atoms with Crippen LogP contribution in [-0.4, -0.2) is 16.1 Å². The van der Waals surface area contributed by atoms with E-state index in [2.05, 4.69) is 35.0 Å². The molecule has 0 bridgehead atoms. The normalized spacial score (nSPS) is 17.6. The van der Waals surface area contributed by atoms with Gasteiger partial charge in [-0.05, 0) is 36.6 Å². The van der Waals surface area contributed by atoms with Crippen LogP contribution in [0.2, 0.25) is 5.02 Å². The molecular weight excluding hydrogens is 260 g/mol. The second-order valence-electron chi connectivity index (χ2n) is 4.86. The van der Waals surface area contributed by atoms with Crippen LogP contribution in [0.1, 0.15) is 18.1 Å². The Labute approximate surface area is 117 Å². The predicted molar refractivity (Wildman–Crippen MR) is 76.9 cm³/mol. The lowest BCUT2D eigenvalue weighted by molar-refractivity contribution is 0.281. The van der Waals surface area contributed by atoms with Crippen molar-refractivity contribution in [3.8, 4) is 0 Å². The number of aliphatic hydroxyl groups is 1. The summed E-state index contributed by atoms with van der Waals surface area (Å²) in [6, 6.07) is 10.4. The first kappa shape index (κ1) is 12.5. The van der Waals surface area contributed by atoms with Crippen LogP contribution in [0.4, 0.5) is 11.5 Å². The number of anilines is 2. The van der Waals surface area contributed by atoms with Crippen molar-refractivity contribution in [2.24, 2.45) is 0 Å². The van der Waals surface area contributed by atoms with E-state index in [0.717, 1.165) is 17.8 Å². The summed E-state index contributed by atoms with van der Waals surface area (Å²) < 4.78 is 0. The first-order valence-electron chi connectivity index (χ1n) is 6.33. The highest BCUT2D eigenvalue weighted by Crippen LogP contribution is 2.39. The Morgan fingerprint density at radius 2 is 2.21 bits per heavy atom. The zero-order valence-electron chi connectivity index (χ0n) is 10.7. The molecule has 3 rings (SSSR count). The zero-order valence-corrected chi connectivity index (χ0v) is 11.4. The molecule has 0 saturated carbocycles. The highest BCUT2D eigenvalue weighted by Gasteiger charge is 2.28. The van der Waals surface area contributed by atoms with E-state index in [-0.39, 0.29) is 6.61 Å². The fourth-order valence-corrected chi connectivity index (χ4v) is 2.90. The molecule has 2 heterocycles. The molecule has 0 amide bonds. The minimum atomic E-state index is -0.0425. The van der Waals surface area contributed by atoms with E-state index in [9.17, 15) is 0 Å². The van der Waals surface area contributed by atoms with Gasteiger partial charge in [0.1, 0.15) is 0 Å². The molecule has 19 heavy (non-hydrogen) atoms. The van der Waals surface area contributed by atoms with Crippen molar-refractivity contribution in [2.75, 3.05) is 4.90 Å². The molecule has 0 saturated heterocycles. The lowest BCUT2D eigenvalue weighted by Crippen LogP contribution is -2.25. The second kappa shape index (κ2) is 4.83. The number of rotatable bonds is 2. The summed E-state index contributed by atoms with van der Waals surface area (Å²) in [5, 5.41) is 9.69. The average molecular weight is 275 g/mol. The van der Waals surface area contributed by atoms with E-state index >= 15 is 0 Å². The number of pyridine rings is 1. The van der Waals surface area contributed by atoms with Gasteiger partial charge in [0.05, 0.1) is 11.6 Å². The zero-order chi connectivity index (χ0) is 13.4. The molecule has 98 valence electrons. The van der Waals surface area contributed by atoms with Crippen LogP contribution in [-0.2, 0) is 13.0 Å². The van der Waals surface area contributed by atoms with Crippen LogP contribution < -0.4 is 4.90 Å². The van der Waals surface area contributed by atoms with Crippen molar-refractivity contribution < 1.29 is 5.11 Å². The van der Waals surface area contributed by atoms with Gasteiger partial charge in [-0.3, -0.25) is 0 Å². The van der Waals surface area contributed by atoms with Gasteiger partial charge in [0, 0.05) is 17.9 Å². The van der Waals surface area contributed by atoms with Crippen molar-refractivity contribution in [2.45, 2.75) is 26.0 Å². The van der Waals surface area contributed by atoms with E-state index in [4.69, 9.17) is 16.7 Å². The number of halogens is 1. The number of para-hydroxylation sites is 1. The molecule has 1 aromatic heterocycles. The molecule has 1 aromatic carbocycles. The Balaban J connectivity index is 2.07. The smallest absolute Gasteiger partial charge is 0.152 e. The molecule has 0 fully saturated rings. The van der Waals surface area contributed by atoms with Crippen molar-refractivity contribution in [1.29, 1.82) is 0 Å². The monoisotopic (exact) mass is 274 g/mol. The highest BCUT2D eigenvalue weighted by atomic mass is 35.5. The summed E-state index contributed by atoms with van der Waals surface area (Å²) in [6.07, 6.45) is 2.67. The van der Waals surface area contributed by atoms with Crippen LogP contribution in [0.3, 0.4) is 0 Å². The molecule has 2 aromatic rings. The minimum Gasteiger partial charge on any atom is -0.392 e. The van der Waals surface area contributed by atoms with Gasteiger partial charge in [-0.2, -0.15) is 0 Å². The van der Waals surface area contributed by atoms with Crippen molar-refractivity contribution in [3.63, 3.8) is 0 Å². The summed E-state index contributed by atoms with van der Waals surface area (Å²) in [4.78, 5) is 6.58. The predicted octanol–water partition coefficient (Wildman–Crippen LogP) is 3.31. The van der Waals surface area contributed by atoms with Gasteiger partial charge >= 0.3 is 0 Å². The number of aliphatic hydroxyl groups excluding tert-OH is 1. The highest BCUT2D eigenvalue weighted by molar-refractivity contribution is 6.33. The SMILES string of the molecule is CC1Cc2ccccc2N1c1ncc(CO)cc1Cl. The van der Waals surface area contributed by atoms with Crippen molar-refractivity contribution >= 4 is 23.1 Å². The summed E-state index contributed by atoms with van der Waals surface area (Å²) in [6.45, 7) is 2.12. The summed E-state index contributed by atoms with van der Waals surface area (Å²) in [5.41, 5.74) is 3.22. The molecule has 3 nitrogen and oxygen atoms in total. The Kier molecular flexibility index (Phi) is 3.17. The van der Waals surface area contributed by atoms with E-state index in [1.165, 1.54) is 11.3 Å². The van der Waals surface area contributed by atoms with Gasteiger partial charge in [-0.25, -0.2) is 4.98 Å². The minimum absolute atomic E-state index is 0.0425. The molecule has 1 N–H and O–H groups in total. The molecule has 0 radical (unpaired) electrons. The fourth-order valence-electron chi connectivity index (χ4n) is 2.62. The van der Waals surface area contributed by atoms with Crippen molar-refractivity contribution in [1.82, 2.24) is 4.98 Å². The molecule has 1 atom stereocenters. The third kappa shape index (κ3) is 2.09. The molecule has 1 aliphatic rings. The third-order valence-electron chi connectivity index (χ3n) is 3.50.